The molecule has 124 valence electrons. The van der Waals surface area contributed by atoms with Crippen molar-refractivity contribution in [3.8, 4) is 11.5 Å². The van der Waals surface area contributed by atoms with Crippen molar-refractivity contribution in [3.05, 3.63) is 59.2 Å². The summed E-state index contributed by atoms with van der Waals surface area (Å²) in [6, 6.07) is 15.2. The number of hydrogen-bond donors (Lipinski definition) is 1. The molecule has 0 heterocycles. The summed E-state index contributed by atoms with van der Waals surface area (Å²) in [6.45, 7) is 5.16. The van der Waals surface area contributed by atoms with Crippen LogP contribution >= 0.6 is 0 Å². The summed E-state index contributed by atoms with van der Waals surface area (Å²) in [5.74, 6) is 1.65. The molecule has 1 unspecified atom stereocenters. The van der Waals surface area contributed by atoms with Crippen molar-refractivity contribution in [2.75, 3.05) is 14.2 Å². The van der Waals surface area contributed by atoms with Crippen molar-refractivity contribution in [2.45, 2.75) is 39.3 Å². The monoisotopic (exact) mass is 313 g/mol. The van der Waals surface area contributed by atoms with E-state index < -0.39 is 0 Å². The Morgan fingerprint density at radius 1 is 0.913 bits per heavy atom. The minimum Gasteiger partial charge on any atom is -0.497 e. The minimum absolute atomic E-state index is 0.452. The molecule has 0 amide bonds. The van der Waals surface area contributed by atoms with Gasteiger partial charge in [-0.05, 0) is 49.9 Å². The molecule has 2 aromatic rings. The molecule has 0 aliphatic carbocycles. The SMILES string of the molecule is COc1cc(CNC(C)CCc2ccc(C)cc2)cc(OC)c1. The van der Waals surface area contributed by atoms with Gasteiger partial charge in [0.15, 0.2) is 0 Å². The predicted octanol–water partition coefficient (Wildman–Crippen LogP) is 4.12. The van der Waals surface area contributed by atoms with Crippen molar-refractivity contribution in [2.24, 2.45) is 0 Å². The molecule has 2 rings (SSSR count). The fraction of sp³-hybridized carbons (Fsp3) is 0.400. The molecular formula is C20H27NO2. The minimum atomic E-state index is 0.452. The molecule has 0 aromatic heterocycles. The van der Waals surface area contributed by atoms with Gasteiger partial charge >= 0.3 is 0 Å². The third kappa shape index (κ3) is 5.61. The van der Waals surface area contributed by atoms with Crippen molar-refractivity contribution in [3.63, 3.8) is 0 Å². The van der Waals surface area contributed by atoms with E-state index in [2.05, 4.69) is 43.4 Å². The van der Waals surface area contributed by atoms with E-state index in [9.17, 15) is 0 Å². The highest BCUT2D eigenvalue weighted by Crippen LogP contribution is 2.22. The number of nitrogens with one attached hydrogen (secondary N) is 1. The van der Waals surface area contributed by atoms with Crippen LogP contribution in [0, 0.1) is 6.92 Å². The highest BCUT2D eigenvalue weighted by Gasteiger charge is 2.05. The Morgan fingerprint density at radius 2 is 1.52 bits per heavy atom. The molecule has 1 atom stereocenters. The number of ether oxygens (including phenoxy) is 2. The summed E-state index contributed by atoms with van der Waals surface area (Å²) in [5.41, 5.74) is 3.88. The van der Waals surface area contributed by atoms with E-state index >= 15 is 0 Å². The lowest BCUT2D eigenvalue weighted by Gasteiger charge is -2.15. The van der Waals surface area contributed by atoms with Gasteiger partial charge in [0, 0.05) is 18.7 Å². The van der Waals surface area contributed by atoms with Crippen molar-refractivity contribution in [1.82, 2.24) is 5.32 Å². The van der Waals surface area contributed by atoms with Crippen LogP contribution in [0.1, 0.15) is 30.0 Å². The Kier molecular flexibility index (Phi) is 6.48. The Morgan fingerprint density at radius 3 is 2.09 bits per heavy atom. The Hall–Kier alpha value is -2.00. The van der Waals surface area contributed by atoms with Crippen molar-refractivity contribution in [1.29, 1.82) is 0 Å². The first-order valence-electron chi connectivity index (χ1n) is 8.11. The first kappa shape index (κ1) is 17.4. The second-order valence-corrected chi connectivity index (χ2v) is 6.03. The molecule has 0 aliphatic rings. The molecule has 0 aliphatic heterocycles. The van der Waals surface area contributed by atoms with Gasteiger partial charge in [0.2, 0.25) is 0 Å². The number of hydrogen-bond acceptors (Lipinski definition) is 3. The zero-order valence-electron chi connectivity index (χ0n) is 14.6. The predicted molar refractivity (Wildman–Crippen MR) is 95.3 cm³/mol. The lowest BCUT2D eigenvalue weighted by atomic mass is 10.0. The van der Waals surface area contributed by atoms with Crippen LogP contribution in [0.3, 0.4) is 0 Å². The largest absolute Gasteiger partial charge is 0.497 e. The highest BCUT2D eigenvalue weighted by molar-refractivity contribution is 5.38. The second-order valence-electron chi connectivity index (χ2n) is 6.03. The molecule has 3 nitrogen and oxygen atoms in total. The summed E-state index contributed by atoms with van der Waals surface area (Å²) in [5, 5.41) is 3.57. The molecule has 0 spiro atoms. The van der Waals surface area contributed by atoms with Gasteiger partial charge in [-0.25, -0.2) is 0 Å². The number of rotatable bonds is 8. The maximum absolute atomic E-state index is 5.31. The van der Waals surface area contributed by atoms with Gasteiger partial charge < -0.3 is 14.8 Å². The highest BCUT2D eigenvalue weighted by atomic mass is 16.5. The van der Waals surface area contributed by atoms with Gasteiger partial charge in [-0.1, -0.05) is 29.8 Å². The summed E-state index contributed by atoms with van der Waals surface area (Å²) in [6.07, 6.45) is 2.21. The Bertz CT molecular complexity index is 585. The smallest absolute Gasteiger partial charge is 0.122 e. The molecule has 0 saturated heterocycles. The Balaban J connectivity index is 1.84. The van der Waals surface area contributed by atoms with Crippen LogP contribution in [-0.4, -0.2) is 20.3 Å². The standard InChI is InChI=1S/C20H27NO2/c1-15-5-8-17(9-6-15)10-7-16(2)21-14-18-11-19(22-3)13-20(12-18)23-4/h5-6,8-9,11-13,16,21H,7,10,14H2,1-4H3. The summed E-state index contributed by atoms with van der Waals surface area (Å²) in [7, 11) is 3.35. The lowest BCUT2D eigenvalue weighted by molar-refractivity contribution is 0.392. The van der Waals surface area contributed by atoms with E-state index in [0.717, 1.165) is 30.9 Å². The maximum atomic E-state index is 5.31. The van der Waals surface area contributed by atoms with E-state index in [0.29, 0.717) is 6.04 Å². The quantitative estimate of drug-likeness (QED) is 0.795. The zero-order valence-corrected chi connectivity index (χ0v) is 14.6. The van der Waals surface area contributed by atoms with Crippen LogP contribution in [0.2, 0.25) is 0 Å². The average molecular weight is 313 g/mol. The van der Waals surface area contributed by atoms with Crippen molar-refractivity contribution >= 4 is 0 Å². The van der Waals surface area contributed by atoms with Crippen LogP contribution in [0.25, 0.3) is 0 Å². The molecule has 0 saturated carbocycles. The van der Waals surface area contributed by atoms with Crippen molar-refractivity contribution < 1.29 is 9.47 Å². The van der Waals surface area contributed by atoms with Crippen LogP contribution in [0.5, 0.6) is 11.5 Å². The molecule has 0 fully saturated rings. The van der Waals surface area contributed by atoms with Gasteiger partial charge in [-0.3, -0.25) is 0 Å². The fourth-order valence-electron chi connectivity index (χ4n) is 2.50. The third-order valence-electron chi connectivity index (χ3n) is 4.05. The van der Waals surface area contributed by atoms with E-state index in [1.807, 2.05) is 18.2 Å². The van der Waals surface area contributed by atoms with E-state index in [4.69, 9.17) is 9.47 Å². The van der Waals surface area contributed by atoms with Crippen LogP contribution in [0.15, 0.2) is 42.5 Å². The van der Waals surface area contributed by atoms with Gasteiger partial charge in [-0.15, -0.1) is 0 Å². The number of aryl methyl sites for hydroxylation is 2. The molecule has 3 heteroatoms. The van der Waals surface area contributed by atoms with E-state index in [1.54, 1.807) is 14.2 Å². The van der Waals surface area contributed by atoms with E-state index in [-0.39, 0.29) is 0 Å². The van der Waals surface area contributed by atoms with Gasteiger partial charge in [-0.2, -0.15) is 0 Å². The molecule has 0 radical (unpaired) electrons. The van der Waals surface area contributed by atoms with Gasteiger partial charge in [0.05, 0.1) is 14.2 Å². The molecule has 0 bridgehead atoms. The van der Waals surface area contributed by atoms with Crippen LogP contribution < -0.4 is 14.8 Å². The third-order valence-corrected chi connectivity index (χ3v) is 4.05. The van der Waals surface area contributed by atoms with Gasteiger partial charge in [0.1, 0.15) is 11.5 Å². The van der Waals surface area contributed by atoms with Crippen LogP contribution in [-0.2, 0) is 13.0 Å². The fourth-order valence-corrected chi connectivity index (χ4v) is 2.50. The summed E-state index contributed by atoms with van der Waals surface area (Å²) >= 11 is 0. The van der Waals surface area contributed by atoms with Crippen LogP contribution in [0.4, 0.5) is 0 Å². The normalized spacial score (nSPS) is 12.0. The topological polar surface area (TPSA) is 30.5 Å². The summed E-state index contributed by atoms with van der Waals surface area (Å²) in [4.78, 5) is 0. The Labute approximate surface area is 139 Å². The average Bonchev–Trinajstić information content (AvgIpc) is 2.59. The van der Waals surface area contributed by atoms with E-state index in [1.165, 1.54) is 16.7 Å². The van der Waals surface area contributed by atoms with Gasteiger partial charge in [0.25, 0.3) is 0 Å². The first-order chi connectivity index (χ1) is 11.1. The molecular weight excluding hydrogens is 286 g/mol. The summed E-state index contributed by atoms with van der Waals surface area (Å²) < 4.78 is 10.6. The molecule has 2 aromatic carbocycles. The maximum Gasteiger partial charge on any atom is 0.122 e. The lowest BCUT2D eigenvalue weighted by Crippen LogP contribution is -2.26. The zero-order chi connectivity index (χ0) is 16.7. The second kappa shape index (κ2) is 8.59. The first-order valence-corrected chi connectivity index (χ1v) is 8.11. The number of benzene rings is 2. The molecule has 1 N–H and O–H groups in total. The molecule has 23 heavy (non-hydrogen) atoms. The number of methoxy groups -OCH3 is 2.